The molecule has 0 radical (unpaired) electrons. The number of alkyl halides is 3. The SMILES string of the molecule is C/C(=C\N(C)N)c1cc(-c2ccnc(F)c2)ncc1Oc1cc(F)c(SNc2cscn2)cc1Cl.O=C(O)C(F)(F)F. The van der Waals surface area contributed by atoms with Crippen LogP contribution in [0.3, 0.4) is 0 Å². The summed E-state index contributed by atoms with van der Waals surface area (Å²) >= 11 is 8.89. The van der Waals surface area contributed by atoms with E-state index in [9.17, 15) is 22.0 Å². The topological polar surface area (TPSA) is 126 Å². The predicted molar refractivity (Wildman–Crippen MR) is 150 cm³/mol. The van der Waals surface area contributed by atoms with Gasteiger partial charge in [0, 0.05) is 48.1 Å². The number of aliphatic carboxylic acids is 1. The standard InChI is InChI=1S/C23H19ClF2N6OS2.C2HF3O2/c1-13(10-32(2)27)15-6-18(14-3-4-28-22(26)5-14)29-9-20(15)33-19-8-17(25)21(7-16(19)24)35-31-23-11-34-12-30-23;3-2(4,5)1(6)7/h3-12,31H,27H2,1-2H3;(H,6,7)/b13-10+;. The first kappa shape index (κ1) is 32.5. The molecule has 42 heavy (non-hydrogen) atoms. The maximum atomic E-state index is 14.8. The van der Waals surface area contributed by atoms with E-state index in [4.69, 9.17) is 32.1 Å². The van der Waals surface area contributed by atoms with Crippen molar-refractivity contribution in [1.29, 1.82) is 0 Å². The van der Waals surface area contributed by atoms with Gasteiger partial charge in [0.2, 0.25) is 5.95 Å². The molecule has 4 N–H and O–H groups in total. The molecule has 0 amide bonds. The van der Waals surface area contributed by atoms with Crippen LogP contribution in [-0.2, 0) is 4.79 Å². The second-order valence-electron chi connectivity index (χ2n) is 8.11. The van der Waals surface area contributed by atoms with E-state index in [1.54, 1.807) is 36.3 Å². The van der Waals surface area contributed by atoms with Crippen molar-refractivity contribution in [1.82, 2.24) is 20.0 Å². The van der Waals surface area contributed by atoms with Crippen LogP contribution in [0.4, 0.5) is 27.8 Å². The van der Waals surface area contributed by atoms with E-state index in [-0.39, 0.29) is 15.7 Å². The van der Waals surface area contributed by atoms with Crippen molar-refractivity contribution in [3.05, 3.63) is 82.2 Å². The number of nitrogens with one attached hydrogen (secondary N) is 1. The Kier molecular flexibility index (Phi) is 11.0. The molecule has 0 aliphatic rings. The molecule has 0 spiro atoms. The normalized spacial score (nSPS) is 11.4. The molecule has 4 rings (SSSR count). The molecule has 0 atom stereocenters. The molecule has 222 valence electrons. The minimum absolute atomic E-state index is 0.113. The third kappa shape index (κ3) is 9.27. The van der Waals surface area contributed by atoms with Gasteiger partial charge in [0.1, 0.15) is 17.4 Å². The van der Waals surface area contributed by atoms with Crippen LogP contribution in [0.25, 0.3) is 16.8 Å². The number of halogens is 6. The van der Waals surface area contributed by atoms with Crippen LogP contribution in [-0.4, -0.2) is 44.3 Å². The second kappa shape index (κ2) is 14.3. The first-order valence-corrected chi connectivity index (χ1v) is 13.4. The molecular formula is C25H20ClF5N6O3S2. The van der Waals surface area contributed by atoms with Crippen molar-refractivity contribution in [2.24, 2.45) is 5.84 Å². The van der Waals surface area contributed by atoms with Crippen LogP contribution < -0.4 is 15.3 Å². The lowest BCUT2D eigenvalue weighted by Crippen LogP contribution is -2.21. The molecule has 0 aliphatic carbocycles. The zero-order chi connectivity index (χ0) is 31.0. The van der Waals surface area contributed by atoms with E-state index in [2.05, 4.69) is 19.7 Å². The van der Waals surface area contributed by atoms with E-state index in [1.165, 1.54) is 46.9 Å². The Labute approximate surface area is 248 Å². The maximum Gasteiger partial charge on any atom is 0.490 e. The molecule has 17 heteroatoms. The van der Waals surface area contributed by atoms with Crippen LogP contribution in [0.2, 0.25) is 5.02 Å². The summed E-state index contributed by atoms with van der Waals surface area (Å²) in [5, 5.41) is 10.5. The Morgan fingerprint density at radius 2 is 1.90 bits per heavy atom. The van der Waals surface area contributed by atoms with E-state index in [0.717, 1.165) is 17.5 Å². The van der Waals surface area contributed by atoms with Gasteiger partial charge >= 0.3 is 12.1 Å². The summed E-state index contributed by atoms with van der Waals surface area (Å²) in [5.41, 5.74) is 4.06. The van der Waals surface area contributed by atoms with Crippen molar-refractivity contribution in [3.8, 4) is 22.8 Å². The van der Waals surface area contributed by atoms with Crippen LogP contribution in [0.1, 0.15) is 12.5 Å². The molecule has 1 aromatic carbocycles. The Morgan fingerprint density at radius 1 is 1.19 bits per heavy atom. The lowest BCUT2D eigenvalue weighted by Gasteiger charge is -2.16. The highest BCUT2D eigenvalue weighted by Gasteiger charge is 2.38. The van der Waals surface area contributed by atoms with Gasteiger partial charge in [-0.1, -0.05) is 11.6 Å². The number of carboxylic acid groups (broad SMARTS) is 1. The maximum absolute atomic E-state index is 14.8. The zero-order valence-electron chi connectivity index (χ0n) is 21.5. The summed E-state index contributed by atoms with van der Waals surface area (Å²) < 4.78 is 69.1. The molecular weight excluding hydrogens is 627 g/mol. The Morgan fingerprint density at radius 3 is 2.50 bits per heavy atom. The highest BCUT2D eigenvalue weighted by molar-refractivity contribution is 8.00. The molecule has 0 aliphatic heterocycles. The number of hydrogen-bond donors (Lipinski definition) is 3. The van der Waals surface area contributed by atoms with E-state index >= 15 is 0 Å². The summed E-state index contributed by atoms with van der Waals surface area (Å²) in [6, 6.07) is 7.33. The number of hydrazine groups is 1. The number of carbonyl (C=O) groups is 1. The fraction of sp³-hybridized carbons (Fsp3) is 0.120. The molecule has 0 bridgehead atoms. The monoisotopic (exact) mass is 646 g/mol. The number of benzene rings is 1. The fourth-order valence-electron chi connectivity index (χ4n) is 3.08. The average Bonchev–Trinajstić information content (AvgIpc) is 3.43. The van der Waals surface area contributed by atoms with Crippen LogP contribution in [0, 0.1) is 11.8 Å². The van der Waals surface area contributed by atoms with Crippen LogP contribution >= 0.6 is 34.9 Å². The molecule has 0 unspecified atom stereocenters. The lowest BCUT2D eigenvalue weighted by atomic mass is 10.0. The smallest absolute Gasteiger partial charge is 0.475 e. The number of hydrogen-bond acceptors (Lipinski definition) is 10. The largest absolute Gasteiger partial charge is 0.490 e. The van der Waals surface area contributed by atoms with Gasteiger partial charge in [-0.15, -0.1) is 11.3 Å². The van der Waals surface area contributed by atoms with Gasteiger partial charge in [0.15, 0.2) is 5.75 Å². The first-order chi connectivity index (χ1) is 19.7. The van der Waals surface area contributed by atoms with E-state index < -0.39 is 23.9 Å². The fourth-order valence-corrected chi connectivity index (χ4v) is 4.57. The van der Waals surface area contributed by atoms with Gasteiger partial charge in [-0.2, -0.15) is 17.6 Å². The third-order valence-corrected chi connectivity index (χ3v) is 6.58. The average molecular weight is 647 g/mol. The molecule has 3 aromatic heterocycles. The summed E-state index contributed by atoms with van der Waals surface area (Å²) in [5.74, 6) is 2.94. The molecule has 0 saturated carbocycles. The van der Waals surface area contributed by atoms with Gasteiger partial charge in [-0.05, 0) is 42.6 Å². The summed E-state index contributed by atoms with van der Waals surface area (Å²) in [4.78, 5) is 21.2. The number of ether oxygens (including phenoxy) is 1. The number of anilines is 1. The third-order valence-electron chi connectivity index (χ3n) is 4.86. The van der Waals surface area contributed by atoms with Gasteiger partial charge in [-0.3, -0.25) is 4.98 Å². The van der Waals surface area contributed by atoms with Crippen molar-refractivity contribution in [3.63, 3.8) is 0 Å². The van der Waals surface area contributed by atoms with Crippen molar-refractivity contribution in [2.45, 2.75) is 18.0 Å². The van der Waals surface area contributed by atoms with Crippen LogP contribution in [0.5, 0.6) is 11.5 Å². The summed E-state index contributed by atoms with van der Waals surface area (Å²) in [6.07, 6.45) is -0.569. The Hall–Kier alpha value is -3.99. The number of rotatable bonds is 8. The minimum atomic E-state index is -5.08. The van der Waals surface area contributed by atoms with Crippen molar-refractivity contribution in [2.75, 3.05) is 11.8 Å². The highest BCUT2D eigenvalue weighted by Crippen LogP contribution is 2.38. The van der Waals surface area contributed by atoms with Gasteiger partial charge in [0.05, 0.1) is 27.3 Å². The number of thiazole rings is 1. The number of carboxylic acids is 1. The second-order valence-corrected chi connectivity index (χ2v) is 10.1. The zero-order valence-corrected chi connectivity index (χ0v) is 23.9. The minimum Gasteiger partial charge on any atom is -0.475 e. The molecule has 4 aromatic rings. The Bertz CT molecular complexity index is 1570. The van der Waals surface area contributed by atoms with Gasteiger partial charge in [0.25, 0.3) is 0 Å². The summed E-state index contributed by atoms with van der Waals surface area (Å²) in [7, 11) is 1.67. The molecule has 0 fully saturated rings. The number of pyridine rings is 2. The van der Waals surface area contributed by atoms with Crippen molar-refractivity contribution < 1.29 is 36.6 Å². The predicted octanol–water partition coefficient (Wildman–Crippen LogP) is 7.24. The van der Waals surface area contributed by atoms with E-state index in [0.29, 0.717) is 28.4 Å². The lowest BCUT2D eigenvalue weighted by molar-refractivity contribution is -0.192. The molecule has 3 heterocycles. The molecule has 0 saturated heterocycles. The number of nitrogens with zero attached hydrogens (tertiary/aromatic N) is 4. The Balaban J connectivity index is 0.000000616. The summed E-state index contributed by atoms with van der Waals surface area (Å²) in [6.45, 7) is 1.83. The van der Waals surface area contributed by atoms with Crippen molar-refractivity contribution >= 4 is 52.2 Å². The number of allylic oxidation sites excluding steroid dienone is 1. The first-order valence-electron chi connectivity index (χ1n) is 11.3. The number of aromatic nitrogens is 3. The highest BCUT2D eigenvalue weighted by atomic mass is 35.5. The van der Waals surface area contributed by atoms with E-state index in [1.807, 2.05) is 6.92 Å². The van der Waals surface area contributed by atoms with Crippen LogP contribution in [0.15, 0.2) is 64.7 Å². The number of nitrogens with two attached hydrogens (primary N) is 1. The van der Waals surface area contributed by atoms with Gasteiger partial charge < -0.3 is 19.6 Å². The van der Waals surface area contributed by atoms with Gasteiger partial charge in [-0.25, -0.2) is 25.0 Å². The quantitative estimate of drug-likeness (QED) is 0.0593. The molecule has 9 nitrogen and oxygen atoms in total.